The predicted molar refractivity (Wildman–Crippen MR) is 104 cm³/mol. The monoisotopic (exact) mass is 377 g/mol. The molecule has 0 radical (unpaired) electrons. The van der Waals surface area contributed by atoms with Crippen molar-refractivity contribution < 1.29 is 19.1 Å². The summed E-state index contributed by atoms with van der Waals surface area (Å²) in [5.74, 6) is 1.53. The summed E-state index contributed by atoms with van der Waals surface area (Å²) < 4.78 is 10.9. The Balaban J connectivity index is 1.74. The van der Waals surface area contributed by atoms with Crippen molar-refractivity contribution in [1.82, 2.24) is 15.1 Å². The Bertz CT molecular complexity index is 610. The third-order valence-corrected chi connectivity index (χ3v) is 4.71. The number of piperazine rings is 1. The van der Waals surface area contributed by atoms with E-state index in [2.05, 4.69) is 10.2 Å². The summed E-state index contributed by atoms with van der Waals surface area (Å²) in [5.41, 5.74) is 0. The van der Waals surface area contributed by atoms with Crippen LogP contribution in [0.15, 0.2) is 24.3 Å². The second-order valence-corrected chi connectivity index (χ2v) is 7.11. The summed E-state index contributed by atoms with van der Waals surface area (Å²) in [6, 6.07) is 7.08. The maximum absolute atomic E-state index is 12.7. The third-order valence-electron chi connectivity index (χ3n) is 4.71. The zero-order chi connectivity index (χ0) is 19.8. The Morgan fingerprint density at radius 3 is 2.19 bits per heavy atom. The lowest BCUT2D eigenvalue weighted by Gasteiger charge is -2.37. The van der Waals surface area contributed by atoms with E-state index in [0.29, 0.717) is 19.7 Å². The number of benzene rings is 1. The second-order valence-electron chi connectivity index (χ2n) is 7.11. The molecule has 1 saturated heterocycles. The Morgan fingerprint density at radius 1 is 1.07 bits per heavy atom. The minimum atomic E-state index is -0.451. The van der Waals surface area contributed by atoms with E-state index in [9.17, 15) is 9.59 Å². The van der Waals surface area contributed by atoms with Gasteiger partial charge in [-0.3, -0.25) is 14.5 Å². The number of methoxy groups -OCH3 is 1. The van der Waals surface area contributed by atoms with Crippen LogP contribution < -0.4 is 14.8 Å². The summed E-state index contributed by atoms with van der Waals surface area (Å²) >= 11 is 0. The van der Waals surface area contributed by atoms with E-state index in [-0.39, 0.29) is 17.7 Å². The van der Waals surface area contributed by atoms with E-state index >= 15 is 0 Å². The number of rotatable bonds is 8. The van der Waals surface area contributed by atoms with Gasteiger partial charge in [0.2, 0.25) is 11.8 Å². The van der Waals surface area contributed by atoms with Crippen LogP contribution in [-0.2, 0) is 9.59 Å². The smallest absolute Gasteiger partial charge is 0.245 e. The van der Waals surface area contributed by atoms with Crippen LogP contribution in [0.4, 0.5) is 0 Å². The van der Waals surface area contributed by atoms with Crippen LogP contribution in [0.1, 0.15) is 20.8 Å². The van der Waals surface area contributed by atoms with Gasteiger partial charge in [-0.25, -0.2) is 0 Å². The van der Waals surface area contributed by atoms with Gasteiger partial charge >= 0.3 is 0 Å². The Kier molecular flexibility index (Phi) is 7.91. The van der Waals surface area contributed by atoms with Crippen molar-refractivity contribution in [2.24, 2.45) is 5.92 Å². The van der Waals surface area contributed by atoms with E-state index in [0.717, 1.165) is 31.1 Å². The van der Waals surface area contributed by atoms with Crippen LogP contribution in [0.25, 0.3) is 0 Å². The first-order valence-electron chi connectivity index (χ1n) is 9.45. The van der Waals surface area contributed by atoms with Gasteiger partial charge in [0.1, 0.15) is 24.1 Å². The maximum atomic E-state index is 12.7. The molecule has 1 aromatic carbocycles. The first-order valence-corrected chi connectivity index (χ1v) is 9.45. The molecule has 0 aliphatic carbocycles. The van der Waals surface area contributed by atoms with Crippen LogP contribution in [0.3, 0.4) is 0 Å². The van der Waals surface area contributed by atoms with Crippen LogP contribution >= 0.6 is 0 Å². The molecule has 2 rings (SSSR count). The number of ether oxygens (including phenoxy) is 2. The molecule has 27 heavy (non-hydrogen) atoms. The van der Waals surface area contributed by atoms with E-state index in [1.165, 1.54) is 6.92 Å². The summed E-state index contributed by atoms with van der Waals surface area (Å²) in [6.45, 7) is 9.72. The van der Waals surface area contributed by atoms with E-state index in [1.807, 2.05) is 43.0 Å². The second kappa shape index (κ2) is 10.2. The Hall–Kier alpha value is -2.28. The SMILES string of the molecule is COc1ccc(OCCN2CCN(C(=O)C(NC(C)=O)C(C)C)CC2)cc1. The van der Waals surface area contributed by atoms with Crippen LogP contribution in [-0.4, -0.2) is 74.1 Å². The highest BCUT2D eigenvalue weighted by atomic mass is 16.5. The molecule has 0 spiro atoms. The lowest BCUT2D eigenvalue weighted by Crippen LogP contribution is -2.56. The van der Waals surface area contributed by atoms with Crippen molar-refractivity contribution in [1.29, 1.82) is 0 Å². The van der Waals surface area contributed by atoms with Crippen LogP contribution in [0.5, 0.6) is 11.5 Å². The van der Waals surface area contributed by atoms with Gasteiger partial charge in [0.05, 0.1) is 7.11 Å². The average molecular weight is 377 g/mol. The topological polar surface area (TPSA) is 71.1 Å². The van der Waals surface area contributed by atoms with Gasteiger partial charge in [0.25, 0.3) is 0 Å². The minimum Gasteiger partial charge on any atom is -0.497 e. The molecule has 150 valence electrons. The largest absolute Gasteiger partial charge is 0.497 e. The summed E-state index contributed by atoms with van der Waals surface area (Å²) in [7, 11) is 1.64. The lowest BCUT2D eigenvalue weighted by molar-refractivity contribution is -0.138. The standard InChI is InChI=1S/C20H31N3O4/c1-15(2)19(21-16(3)24)20(25)23-11-9-22(10-12-23)13-14-27-18-7-5-17(26-4)6-8-18/h5-8,15,19H,9-14H2,1-4H3,(H,21,24). The van der Waals surface area contributed by atoms with E-state index in [4.69, 9.17) is 9.47 Å². The summed E-state index contributed by atoms with van der Waals surface area (Å²) in [6.07, 6.45) is 0. The average Bonchev–Trinajstić information content (AvgIpc) is 2.66. The zero-order valence-corrected chi connectivity index (χ0v) is 16.7. The fourth-order valence-electron chi connectivity index (χ4n) is 3.09. The van der Waals surface area contributed by atoms with Gasteiger partial charge in [-0.2, -0.15) is 0 Å². The number of nitrogens with one attached hydrogen (secondary N) is 1. The number of carbonyl (C=O) groups is 2. The van der Waals surface area contributed by atoms with Crippen molar-refractivity contribution in [2.75, 3.05) is 46.4 Å². The van der Waals surface area contributed by atoms with Crippen LogP contribution in [0.2, 0.25) is 0 Å². The summed E-state index contributed by atoms with van der Waals surface area (Å²) in [4.78, 5) is 28.2. The molecule has 7 heteroatoms. The van der Waals surface area contributed by atoms with Gasteiger partial charge in [-0.1, -0.05) is 13.8 Å². The lowest BCUT2D eigenvalue weighted by atomic mass is 10.0. The number of nitrogens with zero attached hydrogens (tertiary/aromatic N) is 2. The number of hydrogen-bond donors (Lipinski definition) is 1. The normalized spacial score (nSPS) is 16.1. The molecule has 1 aromatic rings. The van der Waals surface area contributed by atoms with Gasteiger partial charge in [0, 0.05) is 39.6 Å². The zero-order valence-electron chi connectivity index (χ0n) is 16.7. The number of amides is 2. The molecule has 1 atom stereocenters. The van der Waals surface area contributed by atoms with E-state index < -0.39 is 6.04 Å². The first-order chi connectivity index (χ1) is 12.9. The molecule has 1 aliphatic rings. The molecule has 0 aromatic heterocycles. The van der Waals surface area contributed by atoms with Crippen molar-refractivity contribution in [3.8, 4) is 11.5 Å². The highest BCUT2D eigenvalue weighted by Gasteiger charge is 2.29. The maximum Gasteiger partial charge on any atom is 0.245 e. The van der Waals surface area contributed by atoms with Crippen molar-refractivity contribution in [2.45, 2.75) is 26.8 Å². The van der Waals surface area contributed by atoms with Gasteiger partial charge < -0.3 is 19.7 Å². The Labute approximate surface area is 161 Å². The van der Waals surface area contributed by atoms with Crippen molar-refractivity contribution >= 4 is 11.8 Å². The minimum absolute atomic E-state index is 0.00864. The fraction of sp³-hybridized carbons (Fsp3) is 0.600. The van der Waals surface area contributed by atoms with Crippen LogP contribution in [0, 0.1) is 5.92 Å². The van der Waals surface area contributed by atoms with Gasteiger partial charge in [-0.15, -0.1) is 0 Å². The Morgan fingerprint density at radius 2 is 1.67 bits per heavy atom. The molecule has 7 nitrogen and oxygen atoms in total. The van der Waals surface area contributed by atoms with Gasteiger partial charge in [0.15, 0.2) is 0 Å². The number of hydrogen-bond acceptors (Lipinski definition) is 5. The molecule has 1 fully saturated rings. The molecule has 2 amide bonds. The molecular weight excluding hydrogens is 346 g/mol. The molecule has 1 unspecified atom stereocenters. The third kappa shape index (κ3) is 6.43. The fourth-order valence-corrected chi connectivity index (χ4v) is 3.09. The highest BCUT2D eigenvalue weighted by molar-refractivity contribution is 5.87. The van der Waals surface area contributed by atoms with Gasteiger partial charge in [-0.05, 0) is 30.2 Å². The molecule has 1 aliphatic heterocycles. The molecule has 1 N–H and O–H groups in total. The first kappa shape index (κ1) is 21.0. The number of carbonyl (C=O) groups excluding carboxylic acids is 2. The molecule has 0 saturated carbocycles. The van der Waals surface area contributed by atoms with Crippen molar-refractivity contribution in [3.63, 3.8) is 0 Å². The quantitative estimate of drug-likeness (QED) is 0.741. The van der Waals surface area contributed by atoms with E-state index in [1.54, 1.807) is 7.11 Å². The molecule has 1 heterocycles. The highest BCUT2D eigenvalue weighted by Crippen LogP contribution is 2.17. The molecular formula is C20H31N3O4. The summed E-state index contributed by atoms with van der Waals surface area (Å²) in [5, 5.41) is 2.78. The molecule has 0 bridgehead atoms. The van der Waals surface area contributed by atoms with Crippen molar-refractivity contribution in [3.05, 3.63) is 24.3 Å². The predicted octanol–water partition coefficient (Wildman–Crippen LogP) is 1.38.